The topological polar surface area (TPSA) is 77.8 Å². The van der Waals surface area contributed by atoms with Crippen molar-refractivity contribution in [2.24, 2.45) is 22.7 Å². The van der Waals surface area contributed by atoms with Crippen molar-refractivity contribution in [3.63, 3.8) is 0 Å². The molecular formula is C15H22O4. The lowest BCUT2D eigenvalue weighted by Gasteiger charge is -2.43. The average molecular weight is 266 g/mol. The minimum atomic E-state index is -1.20. The van der Waals surface area contributed by atoms with Crippen LogP contribution in [-0.4, -0.2) is 33.0 Å². The number of hydrogen-bond acceptors (Lipinski definition) is 3. The first-order valence-corrected chi connectivity index (χ1v) is 6.97. The van der Waals surface area contributed by atoms with Gasteiger partial charge in [0.15, 0.2) is 0 Å². The average Bonchev–Trinajstić information content (AvgIpc) is 2.74. The van der Waals surface area contributed by atoms with E-state index in [-0.39, 0.29) is 17.3 Å². The summed E-state index contributed by atoms with van der Waals surface area (Å²) >= 11 is 0. The SMILES string of the molecule is CC1(C)C[C@H]2C=C(C(=O)O)[C@@H]3C[C@H](O)[C@](C)(O)[C@]23C1. The molecule has 3 aliphatic rings. The highest BCUT2D eigenvalue weighted by atomic mass is 16.4. The molecular weight excluding hydrogens is 244 g/mol. The Bertz CT molecular complexity index is 477. The van der Waals surface area contributed by atoms with E-state index in [2.05, 4.69) is 13.8 Å². The Hall–Kier alpha value is -0.870. The maximum absolute atomic E-state index is 11.4. The van der Waals surface area contributed by atoms with Crippen molar-refractivity contribution in [2.45, 2.75) is 51.7 Å². The van der Waals surface area contributed by atoms with E-state index in [9.17, 15) is 20.1 Å². The van der Waals surface area contributed by atoms with Crippen molar-refractivity contribution in [1.29, 1.82) is 0 Å². The zero-order valence-corrected chi connectivity index (χ0v) is 11.7. The molecule has 3 N–H and O–H groups in total. The summed E-state index contributed by atoms with van der Waals surface area (Å²) in [5.41, 5.74) is -1.22. The fourth-order valence-electron chi connectivity index (χ4n) is 5.20. The van der Waals surface area contributed by atoms with E-state index in [0.717, 1.165) is 12.8 Å². The largest absolute Gasteiger partial charge is 0.478 e. The molecule has 0 bridgehead atoms. The minimum absolute atomic E-state index is 0.0609. The van der Waals surface area contributed by atoms with Crippen LogP contribution in [0.1, 0.15) is 40.0 Å². The highest BCUT2D eigenvalue weighted by molar-refractivity contribution is 5.88. The molecule has 2 fully saturated rings. The number of carbonyl (C=O) groups is 1. The lowest BCUT2D eigenvalue weighted by Crippen LogP contribution is -2.50. The Labute approximate surface area is 113 Å². The molecule has 4 heteroatoms. The van der Waals surface area contributed by atoms with E-state index < -0.39 is 23.1 Å². The Morgan fingerprint density at radius 3 is 2.58 bits per heavy atom. The molecule has 0 radical (unpaired) electrons. The molecule has 1 spiro atoms. The molecule has 0 aliphatic heterocycles. The molecule has 19 heavy (non-hydrogen) atoms. The van der Waals surface area contributed by atoms with Crippen LogP contribution in [0.25, 0.3) is 0 Å². The van der Waals surface area contributed by atoms with Gasteiger partial charge in [-0.25, -0.2) is 4.79 Å². The Morgan fingerprint density at radius 1 is 1.37 bits per heavy atom. The number of carboxylic acids is 1. The molecule has 0 aromatic rings. The van der Waals surface area contributed by atoms with Crippen LogP contribution in [0.2, 0.25) is 0 Å². The van der Waals surface area contributed by atoms with Crippen LogP contribution in [0, 0.1) is 22.7 Å². The normalized spacial score (nSPS) is 50.8. The van der Waals surface area contributed by atoms with Gasteiger partial charge in [-0.1, -0.05) is 19.9 Å². The van der Waals surface area contributed by atoms with Crippen LogP contribution in [0.4, 0.5) is 0 Å². The summed E-state index contributed by atoms with van der Waals surface area (Å²) in [6.07, 6.45) is 3.02. The second kappa shape index (κ2) is 3.41. The van der Waals surface area contributed by atoms with E-state index in [1.807, 2.05) is 6.08 Å². The van der Waals surface area contributed by atoms with Crippen LogP contribution < -0.4 is 0 Å². The van der Waals surface area contributed by atoms with Gasteiger partial charge in [0, 0.05) is 16.9 Å². The maximum Gasteiger partial charge on any atom is 0.331 e. The quantitative estimate of drug-likeness (QED) is 0.673. The molecule has 4 nitrogen and oxygen atoms in total. The van der Waals surface area contributed by atoms with Crippen LogP contribution in [0.15, 0.2) is 11.6 Å². The van der Waals surface area contributed by atoms with E-state index in [1.54, 1.807) is 6.92 Å². The summed E-state index contributed by atoms with van der Waals surface area (Å²) in [5, 5.41) is 30.4. The second-order valence-electron chi connectivity index (χ2n) is 7.57. The first-order chi connectivity index (χ1) is 8.62. The molecule has 0 heterocycles. The van der Waals surface area contributed by atoms with Crippen LogP contribution in [0.3, 0.4) is 0 Å². The molecule has 5 atom stereocenters. The monoisotopic (exact) mass is 266 g/mol. The van der Waals surface area contributed by atoms with E-state index in [0.29, 0.717) is 12.0 Å². The molecule has 0 saturated heterocycles. The maximum atomic E-state index is 11.4. The Kier molecular flexibility index (Phi) is 2.36. The van der Waals surface area contributed by atoms with Crippen molar-refractivity contribution < 1.29 is 20.1 Å². The fourth-order valence-corrected chi connectivity index (χ4v) is 5.20. The Morgan fingerprint density at radius 2 is 2.00 bits per heavy atom. The number of aliphatic hydroxyl groups excluding tert-OH is 1. The number of hydrogen-bond donors (Lipinski definition) is 3. The third kappa shape index (κ3) is 1.39. The van der Waals surface area contributed by atoms with E-state index in [1.165, 1.54) is 0 Å². The van der Waals surface area contributed by atoms with Gasteiger partial charge in [-0.15, -0.1) is 0 Å². The van der Waals surface area contributed by atoms with Gasteiger partial charge in [-0.05, 0) is 37.5 Å². The van der Waals surface area contributed by atoms with Crippen molar-refractivity contribution in [3.8, 4) is 0 Å². The zero-order chi connectivity index (χ0) is 14.2. The van der Waals surface area contributed by atoms with Gasteiger partial charge in [0.25, 0.3) is 0 Å². The summed E-state index contributed by atoms with van der Waals surface area (Å²) in [7, 11) is 0. The first kappa shape index (κ1) is 13.1. The number of aliphatic carboxylic acids is 1. The summed E-state index contributed by atoms with van der Waals surface area (Å²) < 4.78 is 0. The second-order valence-corrected chi connectivity index (χ2v) is 7.57. The van der Waals surface area contributed by atoms with Gasteiger partial charge in [0.2, 0.25) is 0 Å². The highest BCUT2D eigenvalue weighted by Gasteiger charge is 2.72. The van der Waals surface area contributed by atoms with Crippen molar-refractivity contribution >= 4 is 5.97 Å². The number of rotatable bonds is 1. The number of carboxylic acid groups (broad SMARTS) is 1. The standard InChI is InChI=1S/C15H22O4/c1-13(2)6-8-4-9(12(17)18)10-5-11(16)14(3,19)15(8,10)7-13/h4,8,10-11,16,19H,5-7H2,1-3H3,(H,17,18)/t8-,10+,11+,14+,15-/m1/s1. The molecule has 2 saturated carbocycles. The number of allylic oxidation sites excluding steroid dienone is 1. The fraction of sp³-hybridized carbons (Fsp3) is 0.800. The lowest BCUT2D eigenvalue weighted by atomic mass is 9.65. The van der Waals surface area contributed by atoms with Crippen LogP contribution in [-0.2, 0) is 4.79 Å². The van der Waals surface area contributed by atoms with Crippen molar-refractivity contribution in [2.75, 3.05) is 0 Å². The van der Waals surface area contributed by atoms with Crippen LogP contribution in [0.5, 0.6) is 0 Å². The molecule has 3 aliphatic carbocycles. The van der Waals surface area contributed by atoms with Crippen molar-refractivity contribution in [1.82, 2.24) is 0 Å². The molecule has 0 aromatic carbocycles. The first-order valence-electron chi connectivity index (χ1n) is 6.97. The van der Waals surface area contributed by atoms with Crippen LogP contribution >= 0.6 is 0 Å². The predicted octanol–water partition coefficient (Wildman–Crippen LogP) is 1.57. The molecule has 3 rings (SSSR count). The minimum Gasteiger partial charge on any atom is -0.478 e. The Balaban J connectivity index is 2.14. The van der Waals surface area contributed by atoms with Gasteiger partial charge in [0.05, 0.1) is 11.7 Å². The zero-order valence-electron chi connectivity index (χ0n) is 11.7. The predicted molar refractivity (Wildman–Crippen MR) is 69.4 cm³/mol. The van der Waals surface area contributed by atoms with Gasteiger partial charge in [-0.3, -0.25) is 0 Å². The summed E-state index contributed by atoms with van der Waals surface area (Å²) in [6.45, 7) is 6.00. The van der Waals surface area contributed by atoms with Gasteiger partial charge >= 0.3 is 5.97 Å². The van der Waals surface area contributed by atoms with Gasteiger partial charge in [0.1, 0.15) is 0 Å². The third-order valence-corrected chi connectivity index (χ3v) is 5.88. The van der Waals surface area contributed by atoms with Gasteiger partial charge in [-0.2, -0.15) is 0 Å². The number of aliphatic hydroxyl groups is 2. The summed E-state index contributed by atoms with van der Waals surface area (Å²) in [6, 6.07) is 0. The smallest absolute Gasteiger partial charge is 0.331 e. The summed E-state index contributed by atoms with van der Waals surface area (Å²) in [4.78, 5) is 11.4. The molecule has 106 valence electrons. The summed E-state index contributed by atoms with van der Waals surface area (Å²) in [5.74, 6) is -1.06. The molecule has 0 aromatic heterocycles. The van der Waals surface area contributed by atoms with E-state index in [4.69, 9.17) is 0 Å². The van der Waals surface area contributed by atoms with E-state index >= 15 is 0 Å². The van der Waals surface area contributed by atoms with Crippen molar-refractivity contribution in [3.05, 3.63) is 11.6 Å². The molecule has 0 amide bonds. The third-order valence-electron chi connectivity index (χ3n) is 5.88. The van der Waals surface area contributed by atoms with Gasteiger partial charge < -0.3 is 15.3 Å². The highest BCUT2D eigenvalue weighted by Crippen LogP contribution is 2.71. The lowest BCUT2D eigenvalue weighted by molar-refractivity contribution is -0.135. The molecule has 0 unspecified atom stereocenters.